The lowest BCUT2D eigenvalue weighted by Gasteiger charge is -2.45. The van der Waals surface area contributed by atoms with Crippen LogP contribution in [0, 0.1) is 5.92 Å². The second kappa shape index (κ2) is 12.3. The van der Waals surface area contributed by atoms with Crippen molar-refractivity contribution in [2.45, 2.75) is 44.2 Å². The first-order valence-electron chi connectivity index (χ1n) is 16.0. The third kappa shape index (κ3) is 5.54. The van der Waals surface area contributed by atoms with Crippen LogP contribution in [0.3, 0.4) is 0 Å². The Labute approximate surface area is 272 Å². The molecule has 1 aliphatic carbocycles. The maximum atomic E-state index is 12.7. The predicted octanol–water partition coefficient (Wildman–Crippen LogP) is 7.97. The van der Waals surface area contributed by atoms with E-state index in [1.807, 2.05) is 54.7 Å². The lowest BCUT2D eigenvalue weighted by atomic mass is 9.77. The minimum atomic E-state index is -0.0722. The molecule has 8 heteroatoms. The molecule has 0 radical (unpaired) electrons. The molecule has 1 saturated heterocycles. The predicted molar refractivity (Wildman–Crippen MR) is 180 cm³/mol. The molecule has 3 aromatic heterocycles. The second-order valence-electron chi connectivity index (χ2n) is 12.5. The second-order valence-corrected chi connectivity index (χ2v) is 12.8. The van der Waals surface area contributed by atoms with E-state index in [9.17, 15) is 4.79 Å². The Bertz CT molecular complexity index is 2020. The third-order valence-corrected chi connectivity index (χ3v) is 9.93. The van der Waals surface area contributed by atoms with Crippen molar-refractivity contribution in [2.75, 3.05) is 13.1 Å². The number of pyridine rings is 1. The normalized spacial score (nSPS) is 18.9. The summed E-state index contributed by atoms with van der Waals surface area (Å²) in [7, 11) is 0. The van der Waals surface area contributed by atoms with Gasteiger partial charge < -0.3 is 9.64 Å². The number of esters is 1. The van der Waals surface area contributed by atoms with Crippen LogP contribution in [0.15, 0.2) is 103 Å². The minimum Gasteiger partial charge on any atom is -0.461 e. The van der Waals surface area contributed by atoms with Crippen LogP contribution in [0.2, 0.25) is 5.15 Å². The Hall–Kier alpha value is -4.59. The number of rotatable bonds is 7. The number of halogens is 1. The Kier molecular flexibility index (Phi) is 7.72. The fraction of sp³-hybridized carbons (Fsp3) is 0.263. The van der Waals surface area contributed by atoms with E-state index >= 15 is 0 Å². The number of hydrogen-bond acceptors (Lipinski definition) is 6. The highest BCUT2D eigenvalue weighted by Crippen LogP contribution is 2.43. The molecule has 0 N–H and O–H groups in total. The summed E-state index contributed by atoms with van der Waals surface area (Å²) in [6, 6.07) is 31.1. The number of carbonyl (C=O) groups is 1. The van der Waals surface area contributed by atoms with Crippen molar-refractivity contribution in [3.8, 4) is 22.5 Å². The van der Waals surface area contributed by atoms with Gasteiger partial charge >= 0.3 is 5.97 Å². The lowest BCUT2D eigenvalue weighted by molar-refractivity contribution is -0.152. The summed E-state index contributed by atoms with van der Waals surface area (Å²) < 4.78 is 7.75. The maximum absolute atomic E-state index is 12.7. The van der Waals surface area contributed by atoms with Crippen molar-refractivity contribution >= 4 is 34.0 Å². The SMILES string of the molecule is O=C(OCc1ccccc1)C1CCN(C2CC(c3nc(-c4ccc5ccc(-c6ccccc6)nc5c4)c4c(Cl)nccn34)C2)CC1. The fourth-order valence-electron chi connectivity index (χ4n) is 6.99. The van der Waals surface area contributed by atoms with Crippen molar-refractivity contribution in [3.63, 3.8) is 0 Å². The van der Waals surface area contributed by atoms with Crippen molar-refractivity contribution in [2.24, 2.45) is 5.92 Å². The number of aromatic nitrogens is 4. The van der Waals surface area contributed by atoms with Gasteiger partial charge in [0.05, 0.1) is 22.8 Å². The zero-order chi connectivity index (χ0) is 31.0. The smallest absolute Gasteiger partial charge is 0.309 e. The van der Waals surface area contributed by atoms with Crippen LogP contribution in [-0.2, 0) is 16.1 Å². The van der Waals surface area contributed by atoms with Gasteiger partial charge in [0.1, 0.15) is 17.9 Å². The monoisotopic (exact) mass is 627 g/mol. The summed E-state index contributed by atoms with van der Waals surface area (Å²) in [5.74, 6) is 1.25. The van der Waals surface area contributed by atoms with E-state index in [4.69, 9.17) is 26.3 Å². The minimum absolute atomic E-state index is 0.0236. The molecule has 3 aromatic carbocycles. The highest BCUT2D eigenvalue weighted by Gasteiger charge is 2.39. The molecule has 8 rings (SSSR count). The first-order valence-corrected chi connectivity index (χ1v) is 16.4. The van der Waals surface area contributed by atoms with Crippen LogP contribution in [0.25, 0.3) is 38.9 Å². The van der Waals surface area contributed by atoms with Gasteiger partial charge in [0.15, 0.2) is 5.15 Å². The summed E-state index contributed by atoms with van der Waals surface area (Å²) in [5.41, 5.74) is 6.60. The quantitative estimate of drug-likeness (QED) is 0.167. The van der Waals surface area contributed by atoms with E-state index in [0.717, 1.165) is 89.1 Å². The molecule has 230 valence electrons. The Balaban J connectivity index is 0.972. The highest BCUT2D eigenvalue weighted by molar-refractivity contribution is 6.33. The van der Waals surface area contributed by atoms with Gasteiger partial charge in [-0.1, -0.05) is 90.5 Å². The van der Waals surface area contributed by atoms with Crippen molar-refractivity contribution < 1.29 is 9.53 Å². The largest absolute Gasteiger partial charge is 0.461 e. The van der Waals surface area contributed by atoms with E-state index in [-0.39, 0.29) is 11.9 Å². The summed E-state index contributed by atoms with van der Waals surface area (Å²) in [6.45, 7) is 2.18. The number of piperidine rings is 1. The Morgan fingerprint density at radius 1 is 0.870 bits per heavy atom. The molecule has 0 bridgehead atoms. The Morgan fingerprint density at radius 3 is 2.39 bits per heavy atom. The molecule has 7 nitrogen and oxygen atoms in total. The summed E-state index contributed by atoms with van der Waals surface area (Å²) in [4.78, 5) is 29.9. The van der Waals surface area contributed by atoms with Crippen LogP contribution < -0.4 is 0 Å². The summed E-state index contributed by atoms with van der Waals surface area (Å²) in [6.07, 6.45) is 7.46. The average Bonchev–Trinajstić information content (AvgIpc) is 3.47. The summed E-state index contributed by atoms with van der Waals surface area (Å²) >= 11 is 6.73. The molecule has 1 aliphatic heterocycles. The maximum Gasteiger partial charge on any atom is 0.309 e. The number of likely N-dealkylation sites (tertiary alicyclic amines) is 1. The van der Waals surface area contributed by atoms with Crippen LogP contribution in [0.4, 0.5) is 0 Å². The molecule has 2 fully saturated rings. The highest BCUT2D eigenvalue weighted by atomic mass is 35.5. The van der Waals surface area contributed by atoms with E-state index in [2.05, 4.69) is 56.7 Å². The lowest BCUT2D eigenvalue weighted by Crippen LogP contribution is -2.48. The molecule has 4 heterocycles. The van der Waals surface area contributed by atoms with Crippen LogP contribution >= 0.6 is 11.6 Å². The molecule has 46 heavy (non-hydrogen) atoms. The number of fused-ring (bicyclic) bond motifs is 2. The number of nitrogens with zero attached hydrogens (tertiary/aromatic N) is 5. The molecule has 0 amide bonds. The first kappa shape index (κ1) is 28.9. The van der Waals surface area contributed by atoms with E-state index in [1.165, 1.54) is 0 Å². The van der Waals surface area contributed by atoms with E-state index in [1.54, 1.807) is 6.20 Å². The van der Waals surface area contributed by atoms with Gasteiger partial charge in [-0.15, -0.1) is 0 Å². The van der Waals surface area contributed by atoms with Gasteiger partial charge in [0.2, 0.25) is 0 Å². The van der Waals surface area contributed by atoms with Gasteiger partial charge in [-0.05, 0) is 56.5 Å². The fourth-order valence-corrected chi connectivity index (χ4v) is 7.23. The molecule has 2 aliphatic rings. The van der Waals surface area contributed by atoms with Gasteiger partial charge in [-0.2, -0.15) is 0 Å². The summed E-state index contributed by atoms with van der Waals surface area (Å²) in [5, 5.41) is 1.52. The number of benzene rings is 3. The molecule has 0 atom stereocenters. The first-order chi connectivity index (χ1) is 22.6. The van der Waals surface area contributed by atoms with Gasteiger partial charge in [0, 0.05) is 40.9 Å². The van der Waals surface area contributed by atoms with E-state index < -0.39 is 0 Å². The van der Waals surface area contributed by atoms with Crippen molar-refractivity contribution in [1.29, 1.82) is 0 Å². The molecule has 1 saturated carbocycles. The van der Waals surface area contributed by atoms with Gasteiger partial charge in [-0.3, -0.25) is 9.20 Å². The van der Waals surface area contributed by atoms with Crippen LogP contribution in [0.1, 0.15) is 43.0 Å². The van der Waals surface area contributed by atoms with Gasteiger partial charge in [-0.25, -0.2) is 15.0 Å². The molecule has 0 unspecified atom stereocenters. The number of hydrogen-bond donors (Lipinski definition) is 0. The number of ether oxygens (including phenoxy) is 1. The van der Waals surface area contributed by atoms with E-state index in [0.29, 0.717) is 23.7 Å². The standard InChI is InChI=1S/C38H34ClN5O2/c39-36-35-34(29-12-11-27-13-14-32(41-33(27)23-29)26-9-5-2-6-10-26)42-37(44(35)20-17-40-36)30-21-31(22-30)43-18-15-28(16-19-43)38(45)46-24-25-7-3-1-4-8-25/h1-14,17,20,23,28,30-31H,15-16,18-19,21-22,24H2. The molecule has 0 spiro atoms. The topological polar surface area (TPSA) is 72.6 Å². The molecular formula is C38H34ClN5O2. The van der Waals surface area contributed by atoms with Crippen LogP contribution in [0.5, 0.6) is 0 Å². The molecular weight excluding hydrogens is 594 g/mol. The van der Waals surface area contributed by atoms with Gasteiger partial charge in [0.25, 0.3) is 0 Å². The number of carbonyl (C=O) groups excluding carboxylic acids is 1. The zero-order valence-corrected chi connectivity index (χ0v) is 26.2. The van der Waals surface area contributed by atoms with Crippen LogP contribution in [-0.4, -0.2) is 49.4 Å². The zero-order valence-electron chi connectivity index (χ0n) is 25.4. The Morgan fingerprint density at radius 2 is 1.61 bits per heavy atom. The molecule has 6 aromatic rings. The average molecular weight is 628 g/mol. The third-order valence-electron chi connectivity index (χ3n) is 9.65. The van der Waals surface area contributed by atoms with Crippen molar-refractivity contribution in [3.05, 3.63) is 120 Å². The number of imidazole rings is 1. The van der Waals surface area contributed by atoms with Crippen molar-refractivity contribution in [1.82, 2.24) is 24.3 Å².